The largest absolute Gasteiger partial charge is 0.508 e. The fourth-order valence-corrected chi connectivity index (χ4v) is 2.46. The minimum absolute atomic E-state index is 0.323. The number of nitrogens with zero attached hydrogens (tertiary/aromatic N) is 1. The minimum Gasteiger partial charge on any atom is -0.508 e. The first-order valence-corrected chi connectivity index (χ1v) is 6.56. The first kappa shape index (κ1) is 12.0. The van der Waals surface area contributed by atoms with E-state index in [9.17, 15) is 5.11 Å². The van der Waals surface area contributed by atoms with Crippen molar-refractivity contribution in [3.63, 3.8) is 0 Å². The molecule has 0 bridgehead atoms. The maximum absolute atomic E-state index is 9.32. The minimum atomic E-state index is 0.323. The summed E-state index contributed by atoms with van der Waals surface area (Å²) >= 11 is 0. The normalized spacial score (nSPS) is 15.5. The number of hydrogen-bond acceptors (Lipinski definition) is 2. The Morgan fingerprint density at radius 3 is 2.42 bits per heavy atom. The standard InChI is InChI=1S/C17H17NO/c19-17-8-6-15(7-9-17)16-10-11-18(13-16)12-14-4-2-1-3-5-14/h1-10,19H,11-13H2. The van der Waals surface area contributed by atoms with Crippen LogP contribution in [0.2, 0.25) is 0 Å². The van der Waals surface area contributed by atoms with Crippen molar-refractivity contribution < 1.29 is 5.11 Å². The summed E-state index contributed by atoms with van der Waals surface area (Å²) in [6.45, 7) is 2.95. The van der Waals surface area contributed by atoms with Crippen molar-refractivity contribution in [1.29, 1.82) is 0 Å². The molecule has 96 valence electrons. The number of phenolic OH excluding ortho intramolecular Hbond substituents is 1. The van der Waals surface area contributed by atoms with Crippen LogP contribution in [0.5, 0.6) is 5.75 Å². The van der Waals surface area contributed by atoms with Gasteiger partial charge in [-0.3, -0.25) is 4.90 Å². The van der Waals surface area contributed by atoms with E-state index in [4.69, 9.17) is 0 Å². The summed E-state index contributed by atoms with van der Waals surface area (Å²) in [5.74, 6) is 0.323. The Morgan fingerprint density at radius 1 is 0.947 bits per heavy atom. The molecule has 0 spiro atoms. The van der Waals surface area contributed by atoms with E-state index in [1.807, 2.05) is 18.2 Å². The summed E-state index contributed by atoms with van der Waals surface area (Å²) in [5.41, 5.74) is 3.90. The molecule has 0 saturated heterocycles. The molecule has 1 heterocycles. The zero-order valence-corrected chi connectivity index (χ0v) is 10.8. The lowest BCUT2D eigenvalue weighted by atomic mass is 10.1. The molecule has 2 nitrogen and oxygen atoms in total. The Morgan fingerprint density at radius 2 is 1.68 bits per heavy atom. The summed E-state index contributed by atoms with van der Waals surface area (Å²) in [4.78, 5) is 2.41. The van der Waals surface area contributed by atoms with Gasteiger partial charge in [0, 0.05) is 19.6 Å². The van der Waals surface area contributed by atoms with Crippen molar-refractivity contribution in [3.05, 3.63) is 71.8 Å². The van der Waals surface area contributed by atoms with Gasteiger partial charge < -0.3 is 5.11 Å². The second-order valence-electron chi connectivity index (χ2n) is 4.93. The SMILES string of the molecule is Oc1ccc(C2=CCN(Cc3ccccc3)C2)cc1. The molecule has 0 unspecified atom stereocenters. The van der Waals surface area contributed by atoms with E-state index < -0.39 is 0 Å². The van der Waals surface area contributed by atoms with E-state index in [1.165, 1.54) is 16.7 Å². The third kappa shape index (κ3) is 2.85. The van der Waals surface area contributed by atoms with Crippen LogP contribution in [0.3, 0.4) is 0 Å². The molecule has 0 atom stereocenters. The van der Waals surface area contributed by atoms with Gasteiger partial charge in [-0.05, 0) is 28.8 Å². The molecule has 1 aliphatic rings. The molecule has 1 N–H and O–H groups in total. The Hall–Kier alpha value is -2.06. The predicted octanol–water partition coefficient (Wildman–Crippen LogP) is 3.29. The molecule has 0 radical (unpaired) electrons. The summed E-state index contributed by atoms with van der Waals surface area (Å²) in [6, 6.07) is 18.0. The van der Waals surface area contributed by atoms with Gasteiger partial charge in [-0.1, -0.05) is 48.5 Å². The molecular formula is C17H17NO. The summed E-state index contributed by atoms with van der Waals surface area (Å²) in [7, 11) is 0. The van der Waals surface area contributed by atoms with Gasteiger partial charge in [0.25, 0.3) is 0 Å². The zero-order chi connectivity index (χ0) is 13.1. The van der Waals surface area contributed by atoms with Crippen LogP contribution in [0.15, 0.2) is 60.7 Å². The molecule has 1 aliphatic heterocycles. The summed E-state index contributed by atoms with van der Waals surface area (Å²) < 4.78 is 0. The molecule has 3 rings (SSSR count). The van der Waals surface area contributed by atoms with Gasteiger partial charge in [-0.15, -0.1) is 0 Å². The van der Waals surface area contributed by atoms with Crippen LogP contribution in [0, 0.1) is 0 Å². The first-order valence-electron chi connectivity index (χ1n) is 6.56. The van der Waals surface area contributed by atoms with E-state index in [0.29, 0.717) is 5.75 Å². The topological polar surface area (TPSA) is 23.5 Å². The van der Waals surface area contributed by atoms with Crippen molar-refractivity contribution in [2.24, 2.45) is 0 Å². The number of aromatic hydroxyl groups is 1. The van der Waals surface area contributed by atoms with E-state index in [0.717, 1.165) is 19.6 Å². The summed E-state index contributed by atoms with van der Waals surface area (Å²) in [6.07, 6.45) is 2.27. The average Bonchev–Trinajstić information content (AvgIpc) is 2.89. The van der Waals surface area contributed by atoms with Crippen LogP contribution in [0.1, 0.15) is 11.1 Å². The molecule has 19 heavy (non-hydrogen) atoms. The molecular weight excluding hydrogens is 234 g/mol. The molecule has 0 aliphatic carbocycles. The fraction of sp³-hybridized carbons (Fsp3) is 0.176. The van der Waals surface area contributed by atoms with Gasteiger partial charge in [0.15, 0.2) is 0 Å². The van der Waals surface area contributed by atoms with Crippen molar-refractivity contribution in [1.82, 2.24) is 4.90 Å². The highest BCUT2D eigenvalue weighted by atomic mass is 16.3. The van der Waals surface area contributed by atoms with Gasteiger partial charge >= 0.3 is 0 Å². The van der Waals surface area contributed by atoms with E-state index in [2.05, 4.69) is 35.2 Å². The fourth-order valence-electron chi connectivity index (χ4n) is 2.46. The third-order valence-electron chi connectivity index (χ3n) is 3.48. The maximum atomic E-state index is 9.32. The maximum Gasteiger partial charge on any atom is 0.115 e. The molecule has 2 aromatic rings. The van der Waals surface area contributed by atoms with Crippen molar-refractivity contribution in [2.75, 3.05) is 13.1 Å². The van der Waals surface area contributed by atoms with Crippen molar-refractivity contribution in [2.45, 2.75) is 6.54 Å². The lowest BCUT2D eigenvalue weighted by Crippen LogP contribution is -2.19. The zero-order valence-electron chi connectivity index (χ0n) is 10.8. The molecule has 0 fully saturated rings. The highest BCUT2D eigenvalue weighted by Gasteiger charge is 2.15. The smallest absolute Gasteiger partial charge is 0.115 e. The van der Waals surface area contributed by atoms with Gasteiger partial charge in [0.2, 0.25) is 0 Å². The second kappa shape index (κ2) is 5.29. The van der Waals surface area contributed by atoms with Crippen LogP contribution < -0.4 is 0 Å². The van der Waals surface area contributed by atoms with Crippen LogP contribution in [0.4, 0.5) is 0 Å². The number of rotatable bonds is 3. The van der Waals surface area contributed by atoms with E-state index in [-0.39, 0.29) is 0 Å². The number of benzene rings is 2. The van der Waals surface area contributed by atoms with Crippen LogP contribution in [0.25, 0.3) is 5.57 Å². The molecule has 0 aromatic heterocycles. The highest BCUT2D eigenvalue weighted by molar-refractivity contribution is 5.69. The third-order valence-corrected chi connectivity index (χ3v) is 3.48. The van der Waals surface area contributed by atoms with E-state index in [1.54, 1.807) is 12.1 Å². The Labute approximate surface area is 113 Å². The quantitative estimate of drug-likeness (QED) is 0.904. The predicted molar refractivity (Wildman–Crippen MR) is 77.8 cm³/mol. The molecule has 2 aromatic carbocycles. The summed E-state index contributed by atoms with van der Waals surface area (Å²) in [5, 5.41) is 9.32. The lowest BCUT2D eigenvalue weighted by Gasteiger charge is -2.16. The first-order chi connectivity index (χ1) is 9.31. The van der Waals surface area contributed by atoms with Crippen LogP contribution >= 0.6 is 0 Å². The Kier molecular flexibility index (Phi) is 3.34. The lowest BCUT2D eigenvalue weighted by molar-refractivity contribution is 0.348. The number of phenols is 1. The monoisotopic (exact) mass is 251 g/mol. The molecule has 0 amide bonds. The van der Waals surface area contributed by atoms with Gasteiger partial charge in [0.05, 0.1) is 0 Å². The number of hydrogen-bond donors (Lipinski definition) is 1. The van der Waals surface area contributed by atoms with Crippen LogP contribution in [-0.4, -0.2) is 23.1 Å². The molecule has 0 saturated carbocycles. The van der Waals surface area contributed by atoms with E-state index >= 15 is 0 Å². The molecule has 2 heteroatoms. The van der Waals surface area contributed by atoms with Crippen molar-refractivity contribution >= 4 is 5.57 Å². The highest BCUT2D eigenvalue weighted by Crippen LogP contribution is 2.23. The van der Waals surface area contributed by atoms with Gasteiger partial charge in [-0.2, -0.15) is 0 Å². The second-order valence-corrected chi connectivity index (χ2v) is 4.93. The van der Waals surface area contributed by atoms with Gasteiger partial charge in [-0.25, -0.2) is 0 Å². The van der Waals surface area contributed by atoms with Crippen molar-refractivity contribution in [3.8, 4) is 5.75 Å². The average molecular weight is 251 g/mol. The van der Waals surface area contributed by atoms with Gasteiger partial charge in [0.1, 0.15) is 5.75 Å². The Balaban J connectivity index is 1.65. The Bertz CT molecular complexity index is 572. The van der Waals surface area contributed by atoms with Crippen LogP contribution in [-0.2, 0) is 6.54 Å².